The summed E-state index contributed by atoms with van der Waals surface area (Å²) in [6.07, 6.45) is 1.13. The van der Waals surface area contributed by atoms with Crippen LogP contribution < -0.4 is 5.32 Å². The predicted octanol–water partition coefficient (Wildman–Crippen LogP) is 2.03. The van der Waals surface area contributed by atoms with Crippen molar-refractivity contribution in [2.45, 2.75) is 25.9 Å². The zero-order chi connectivity index (χ0) is 13.5. The maximum absolute atomic E-state index is 13.7. The summed E-state index contributed by atoms with van der Waals surface area (Å²) in [4.78, 5) is 2.31. The summed E-state index contributed by atoms with van der Waals surface area (Å²) in [5.74, 6) is -0.116. The van der Waals surface area contributed by atoms with Gasteiger partial charge in [0, 0.05) is 31.2 Å². The Hall–Kier alpha value is -0.970. The van der Waals surface area contributed by atoms with E-state index in [1.807, 2.05) is 12.1 Å². The Bertz CT molecular complexity index is 386. The lowest BCUT2D eigenvalue weighted by Gasteiger charge is -2.35. The molecule has 1 fully saturated rings. The molecular formula is C15H23FN2O. The topological polar surface area (TPSA) is 24.5 Å². The first-order valence-corrected chi connectivity index (χ1v) is 7.07. The van der Waals surface area contributed by atoms with Crippen LogP contribution in [0.1, 0.15) is 18.9 Å². The molecule has 106 valence electrons. The van der Waals surface area contributed by atoms with E-state index in [1.165, 1.54) is 6.07 Å². The lowest BCUT2D eigenvalue weighted by molar-refractivity contribution is -0.0112. The Balaban J connectivity index is 1.93. The van der Waals surface area contributed by atoms with Crippen molar-refractivity contribution < 1.29 is 9.13 Å². The second kappa shape index (κ2) is 7.58. The molecule has 0 aromatic heterocycles. The first-order valence-electron chi connectivity index (χ1n) is 7.07. The molecule has 0 bridgehead atoms. The summed E-state index contributed by atoms with van der Waals surface area (Å²) in [5, 5.41) is 3.42. The summed E-state index contributed by atoms with van der Waals surface area (Å²) >= 11 is 0. The average Bonchev–Trinajstić information content (AvgIpc) is 2.43. The third-order valence-corrected chi connectivity index (χ3v) is 3.49. The van der Waals surface area contributed by atoms with Gasteiger partial charge < -0.3 is 10.1 Å². The molecule has 1 unspecified atom stereocenters. The fourth-order valence-corrected chi connectivity index (χ4v) is 2.38. The van der Waals surface area contributed by atoms with Crippen LogP contribution in [0.4, 0.5) is 4.39 Å². The molecule has 1 heterocycles. The molecule has 3 nitrogen and oxygen atoms in total. The van der Waals surface area contributed by atoms with Crippen molar-refractivity contribution in [1.29, 1.82) is 0 Å². The maximum Gasteiger partial charge on any atom is 0.127 e. The molecule has 0 spiro atoms. The van der Waals surface area contributed by atoms with Gasteiger partial charge in [0.2, 0.25) is 0 Å². The van der Waals surface area contributed by atoms with E-state index in [-0.39, 0.29) is 5.82 Å². The molecule has 1 aliphatic heterocycles. The maximum atomic E-state index is 13.7. The molecule has 1 aliphatic rings. The van der Waals surface area contributed by atoms with Gasteiger partial charge in [-0.05, 0) is 19.0 Å². The zero-order valence-electron chi connectivity index (χ0n) is 11.6. The van der Waals surface area contributed by atoms with Gasteiger partial charge in [-0.2, -0.15) is 0 Å². The van der Waals surface area contributed by atoms with E-state index in [9.17, 15) is 4.39 Å². The fraction of sp³-hybridized carbons (Fsp3) is 0.600. The highest BCUT2D eigenvalue weighted by Crippen LogP contribution is 2.14. The first kappa shape index (κ1) is 14.4. The van der Waals surface area contributed by atoms with Crippen LogP contribution in [0.5, 0.6) is 0 Å². The van der Waals surface area contributed by atoms with Gasteiger partial charge in [0.15, 0.2) is 0 Å². The normalized spacial score (nSPS) is 20.6. The van der Waals surface area contributed by atoms with Gasteiger partial charge in [0.1, 0.15) is 5.82 Å². The van der Waals surface area contributed by atoms with E-state index in [0.717, 1.165) is 44.8 Å². The highest BCUT2D eigenvalue weighted by atomic mass is 19.1. The first-order chi connectivity index (χ1) is 9.31. The number of hydrogen-bond donors (Lipinski definition) is 1. The molecule has 19 heavy (non-hydrogen) atoms. The Morgan fingerprint density at radius 3 is 3.05 bits per heavy atom. The van der Waals surface area contributed by atoms with E-state index in [4.69, 9.17) is 4.74 Å². The number of nitrogens with one attached hydrogen (secondary N) is 1. The molecule has 0 aliphatic carbocycles. The van der Waals surface area contributed by atoms with Crippen molar-refractivity contribution in [1.82, 2.24) is 10.2 Å². The van der Waals surface area contributed by atoms with Crippen LogP contribution in [0, 0.1) is 5.82 Å². The molecule has 0 radical (unpaired) electrons. The summed E-state index contributed by atoms with van der Waals surface area (Å²) in [7, 11) is 0. The minimum absolute atomic E-state index is 0.116. The Labute approximate surface area is 114 Å². The second-order valence-electron chi connectivity index (χ2n) is 4.99. The van der Waals surface area contributed by atoms with Crippen LogP contribution in [0.25, 0.3) is 0 Å². The van der Waals surface area contributed by atoms with Crippen LogP contribution in [-0.2, 0) is 11.3 Å². The van der Waals surface area contributed by atoms with Crippen LogP contribution >= 0.6 is 0 Å². The number of nitrogens with zero attached hydrogens (tertiary/aromatic N) is 1. The van der Waals surface area contributed by atoms with Gasteiger partial charge in [-0.1, -0.05) is 25.1 Å². The molecule has 0 saturated carbocycles. The van der Waals surface area contributed by atoms with E-state index < -0.39 is 0 Å². The largest absolute Gasteiger partial charge is 0.378 e. The van der Waals surface area contributed by atoms with E-state index in [2.05, 4.69) is 17.1 Å². The van der Waals surface area contributed by atoms with Gasteiger partial charge in [0.25, 0.3) is 0 Å². The second-order valence-corrected chi connectivity index (χ2v) is 4.99. The minimum Gasteiger partial charge on any atom is -0.378 e. The van der Waals surface area contributed by atoms with Crippen molar-refractivity contribution in [3.8, 4) is 0 Å². The molecule has 1 aromatic rings. The third-order valence-electron chi connectivity index (χ3n) is 3.49. The lowest BCUT2D eigenvalue weighted by Crippen LogP contribution is -2.50. The molecule has 1 N–H and O–H groups in total. The SMILES string of the molecule is CCCNCC1COCCN1Cc1ccccc1F. The summed E-state index contributed by atoms with van der Waals surface area (Å²) in [6, 6.07) is 7.35. The van der Waals surface area contributed by atoms with Crippen molar-refractivity contribution in [3.05, 3.63) is 35.6 Å². The van der Waals surface area contributed by atoms with Gasteiger partial charge >= 0.3 is 0 Å². The molecular weight excluding hydrogens is 243 g/mol. The monoisotopic (exact) mass is 266 g/mol. The number of hydrogen-bond acceptors (Lipinski definition) is 3. The van der Waals surface area contributed by atoms with Crippen molar-refractivity contribution in [2.75, 3.05) is 32.8 Å². The number of halogens is 1. The third kappa shape index (κ3) is 4.27. The highest BCUT2D eigenvalue weighted by Gasteiger charge is 2.23. The van der Waals surface area contributed by atoms with Gasteiger partial charge in [-0.3, -0.25) is 4.90 Å². The number of benzene rings is 1. The summed E-state index contributed by atoms with van der Waals surface area (Å²) in [5.41, 5.74) is 0.768. The Morgan fingerprint density at radius 2 is 2.26 bits per heavy atom. The minimum atomic E-state index is -0.116. The van der Waals surface area contributed by atoms with E-state index in [1.54, 1.807) is 6.07 Å². The van der Waals surface area contributed by atoms with Gasteiger partial charge in [-0.25, -0.2) is 4.39 Å². The molecule has 4 heteroatoms. The Morgan fingerprint density at radius 1 is 1.42 bits per heavy atom. The van der Waals surface area contributed by atoms with Crippen LogP contribution in [-0.4, -0.2) is 43.8 Å². The van der Waals surface area contributed by atoms with E-state index in [0.29, 0.717) is 12.6 Å². The average molecular weight is 266 g/mol. The van der Waals surface area contributed by atoms with Crippen LogP contribution in [0.2, 0.25) is 0 Å². The highest BCUT2D eigenvalue weighted by molar-refractivity contribution is 5.17. The molecule has 2 rings (SSSR count). The zero-order valence-corrected chi connectivity index (χ0v) is 11.6. The van der Waals surface area contributed by atoms with Crippen molar-refractivity contribution in [3.63, 3.8) is 0 Å². The van der Waals surface area contributed by atoms with Crippen molar-refractivity contribution >= 4 is 0 Å². The van der Waals surface area contributed by atoms with Gasteiger partial charge in [0.05, 0.1) is 13.2 Å². The van der Waals surface area contributed by atoms with E-state index >= 15 is 0 Å². The fourth-order valence-electron chi connectivity index (χ4n) is 2.38. The number of morpholine rings is 1. The molecule has 0 amide bonds. The van der Waals surface area contributed by atoms with Crippen LogP contribution in [0.15, 0.2) is 24.3 Å². The van der Waals surface area contributed by atoms with Gasteiger partial charge in [-0.15, -0.1) is 0 Å². The molecule has 1 aromatic carbocycles. The predicted molar refractivity (Wildman–Crippen MR) is 74.6 cm³/mol. The Kier molecular flexibility index (Phi) is 5.76. The number of rotatable bonds is 6. The standard InChI is InChI=1S/C15H23FN2O/c1-2-7-17-10-14-12-19-9-8-18(14)11-13-5-3-4-6-15(13)16/h3-6,14,17H,2,7-12H2,1H3. The smallest absolute Gasteiger partial charge is 0.127 e. The molecule has 1 saturated heterocycles. The quantitative estimate of drug-likeness (QED) is 0.797. The molecule has 1 atom stereocenters. The lowest BCUT2D eigenvalue weighted by atomic mass is 10.1. The van der Waals surface area contributed by atoms with Crippen LogP contribution in [0.3, 0.4) is 0 Å². The summed E-state index contributed by atoms with van der Waals surface area (Å²) < 4.78 is 19.2. The number of ether oxygens (including phenoxy) is 1. The summed E-state index contributed by atoms with van der Waals surface area (Å²) in [6.45, 7) is 7.07. The van der Waals surface area contributed by atoms with Crippen molar-refractivity contribution in [2.24, 2.45) is 0 Å².